The van der Waals surface area contributed by atoms with Crippen LogP contribution >= 0.6 is 0 Å². The molecule has 0 saturated carbocycles. The fraction of sp³-hybridized carbons (Fsp3) is 0.0714. The fourth-order valence-corrected chi connectivity index (χ4v) is 1.69. The van der Waals surface area contributed by atoms with Crippen molar-refractivity contribution in [1.29, 1.82) is 0 Å². The topological polar surface area (TPSA) is 40.5 Å². The first-order chi connectivity index (χ1) is 9.08. The van der Waals surface area contributed by atoms with Crippen LogP contribution in [0, 0.1) is 11.6 Å². The van der Waals surface area contributed by atoms with E-state index >= 15 is 0 Å². The van der Waals surface area contributed by atoms with Crippen molar-refractivity contribution in [3.8, 4) is 0 Å². The number of nitrogens with zero attached hydrogens (tertiary/aromatic N) is 1. The third kappa shape index (κ3) is 3.07. The van der Waals surface area contributed by atoms with Crippen LogP contribution in [0.2, 0.25) is 0 Å². The second-order valence-corrected chi connectivity index (χ2v) is 3.95. The molecule has 5 heteroatoms. The van der Waals surface area contributed by atoms with Gasteiger partial charge in [-0.05, 0) is 17.7 Å². The zero-order valence-electron chi connectivity index (χ0n) is 9.88. The van der Waals surface area contributed by atoms with Gasteiger partial charge < -0.3 is 5.11 Å². The largest absolute Gasteiger partial charge is 0.465 e. The molecule has 2 aromatic carbocycles. The van der Waals surface area contributed by atoms with Gasteiger partial charge in [0, 0.05) is 6.07 Å². The van der Waals surface area contributed by atoms with Crippen molar-refractivity contribution >= 4 is 11.8 Å². The predicted molar refractivity (Wildman–Crippen MR) is 67.0 cm³/mol. The molecule has 1 N–H and O–H groups in total. The lowest BCUT2D eigenvalue weighted by atomic mass is 10.2. The molecule has 0 aliphatic carbocycles. The number of amides is 1. The normalized spacial score (nSPS) is 10.2. The number of benzene rings is 2. The monoisotopic (exact) mass is 263 g/mol. The number of anilines is 1. The third-order valence-electron chi connectivity index (χ3n) is 2.63. The summed E-state index contributed by atoms with van der Waals surface area (Å²) in [7, 11) is 0. The van der Waals surface area contributed by atoms with Crippen molar-refractivity contribution in [2.45, 2.75) is 6.54 Å². The number of halogens is 2. The molecule has 0 unspecified atom stereocenters. The van der Waals surface area contributed by atoms with Crippen LogP contribution in [0.15, 0.2) is 48.5 Å². The minimum atomic E-state index is -1.23. The van der Waals surface area contributed by atoms with E-state index < -0.39 is 17.7 Å². The summed E-state index contributed by atoms with van der Waals surface area (Å²) in [5, 5.41) is 9.16. The summed E-state index contributed by atoms with van der Waals surface area (Å²) in [4.78, 5) is 12.2. The van der Waals surface area contributed by atoms with Crippen LogP contribution < -0.4 is 4.90 Å². The minimum absolute atomic E-state index is 0.0707. The SMILES string of the molecule is O=C(O)N(Cc1ccccc1)c1ccc(F)c(F)c1. The molecule has 0 fully saturated rings. The first kappa shape index (κ1) is 13.0. The molecular formula is C14H11F2NO2. The highest BCUT2D eigenvalue weighted by atomic mass is 19.2. The number of carbonyl (C=O) groups is 1. The van der Waals surface area contributed by atoms with Gasteiger partial charge in [-0.3, -0.25) is 4.90 Å². The second-order valence-electron chi connectivity index (χ2n) is 3.95. The summed E-state index contributed by atoms with van der Waals surface area (Å²) in [6.07, 6.45) is -1.23. The lowest BCUT2D eigenvalue weighted by molar-refractivity contribution is 0.201. The number of carboxylic acid groups (broad SMARTS) is 1. The molecule has 3 nitrogen and oxygen atoms in total. The standard InChI is InChI=1S/C14H11F2NO2/c15-12-7-6-11(8-13(12)16)17(14(18)19)9-10-4-2-1-3-5-10/h1-8H,9H2,(H,18,19). The van der Waals surface area contributed by atoms with Crippen molar-refractivity contribution in [1.82, 2.24) is 0 Å². The van der Waals surface area contributed by atoms with Gasteiger partial charge in [0.25, 0.3) is 0 Å². The van der Waals surface area contributed by atoms with E-state index in [4.69, 9.17) is 5.11 Å². The van der Waals surface area contributed by atoms with Gasteiger partial charge in [0.2, 0.25) is 0 Å². The number of hydrogen-bond donors (Lipinski definition) is 1. The molecule has 0 atom stereocenters. The fourth-order valence-electron chi connectivity index (χ4n) is 1.69. The molecule has 0 spiro atoms. The van der Waals surface area contributed by atoms with Gasteiger partial charge in [-0.15, -0.1) is 0 Å². The van der Waals surface area contributed by atoms with E-state index in [2.05, 4.69) is 0 Å². The van der Waals surface area contributed by atoms with E-state index in [1.165, 1.54) is 6.07 Å². The summed E-state index contributed by atoms with van der Waals surface area (Å²) in [5.74, 6) is -2.08. The Hall–Kier alpha value is -2.43. The van der Waals surface area contributed by atoms with E-state index in [0.29, 0.717) is 0 Å². The number of hydrogen-bond acceptors (Lipinski definition) is 1. The molecular weight excluding hydrogens is 252 g/mol. The van der Waals surface area contributed by atoms with Gasteiger partial charge in [-0.25, -0.2) is 13.6 Å². The van der Waals surface area contributed by atoms with E-state index in [-0.39, 0.29) is 12.2 Å². The summed E-state index contributed by atoms with van der Waals surface area (Å²) in [6.45, 7) is 0.0707. The Labute approximate surface area is 108 Å². The summed E-state index contributed by atoms with van der Waals surface area (Å²) in [6, 6.07) is 11.9. The number of rotatable bonds is 3. The summed E-state index contributed by atoms with van der Waals surface area (Å²) in [5.41, 5.74) is 0.852. The Morgan fingerprint density at radius 1 is 1.05 bits per heavy atom. The maximum Gasteiger partial charge on any atom is 0.412 e. The second kappa shape index (κ2) is 5.48. The summed E-state index contributed by atoms with van der Waals surface area (Å²) >= 11 is 0. The van der Waals surface area contributed by atoms with Crippen molar-refractivity contribution in [3.05, 3.63) is 65.7 Å². The van der Waals surface area contributed by atoms with Crippen LogP contribution in [0.4, 0.5) is 19.3 Å². The zero-order valence-corrected chi connectivity index (χ0v) is 9.88. The highest BCUT2D eigenvalue weighted by Crippen LogP contribution is 2.20. The first-order valence-electron chi connectivity index (χ1n) is 5.57. The van der Waals surface area contributed by atoms with Crippen LogP contribution in [0.25, 0.3) is 0 Å². The molecule has 0 saturated heterocycles. The maximum absolute atomic E-state index is 13.1. The Morgan fingerprint density at radius 2 is 1.74 bits per heavy atom. The smallest absolute Gasteiger partial charge is 0.412 e. The van der Waals surface area contributed by atoms with Gasteiger partial charge in [0.1, 0.15) is 0 Å². The highest BCUT2D eigenvalue weighted by Gasteiger charge is 2.16. The maximum atomic E-state index is 13.1. The van der Waals surface area contributed by atoms with Crippen molar-refractivity contribution < 1.29 is 18.7 Å². The molecule has 98 valence electrons. The molecule has 19 heavy (non-hydrogen) atoms. The molecule has 1 amide bonds. The van der Waals surface area contributed by atoms with Gasteiger partial charge in [0.05, 0.1) is 12.2 Å². The third-order valence-corrected chi connectivity index (χ3v) is 2.63. The molecule has 2 aromatic rings. The molecule has 0 heterocycles. The molecule has 0 radical (unpaired) electrons. The van der Waals surface area contributed by atoms with Crippen LogP contribution in [0.1, 0.15) is 5.56 Å². The lowest BCUT2D eigenvalue weighted by Gasteiger charge is -2.19. The van der Waals surface area contributed by atoms with Gasteiger partial charge in [0.15, 0.2) is 11.6 Å². The quantitative estimate of drug-likeness (QED) is 0.918. The first-order valence-corrected chi connectivity index (χ1v) is 5.57. The highest BCUT2D eigenvalue weighted by molar-refractivity contribution is 5.85. The van der Waals surface area contributed by atoms with Crippen LogP contribution in [-0.4, -0.2) is 11.2 Å². The summed E-state index contributed by atoms with van der Waals surface area (Å²) < 4.78 is 26.0. The van der Waals surface area contributed by atoms with E-state index in [1.54, 1.807) is 24.3 Å². The van der Waals surface area contributed by atoms with E-state index in [1.807, 2.05) is 6.07 Å². The Bertz CT molecular complexity index is 587. The van der Waals surface area contributed by atoms with E-state index in [9.17, 15) is 13.6 Å². The average molecular weight is 263 g/mol. The molecule has 2 rings (SSSR count). The molecule has 0 bridgehead atoms. The average Bonchev–Trinajstić information content (AvgIpc) is 2.40. The molecule has 0 aromatic heterocycles. The van der Waals surface area contributed by atoms with Gasteiger partial charge >= 0.3 is 6.09 Å². The Morgan fingerprint density at radius 3 is 2.32 bits per heavy atom. The Balaban J connectivity index is 2.30. The van der Waals surface area contributed by atoms with Crippen LogP contribution in [-0.2, 0) is 6.54 Å². The zero-order chi connectivity index (χ0) is 13.8. The van der Waals surface area contributed by atoms with Gasteiger partial charge in [-0.1, -0.05) is 30.3 Å². The molecule has 0 aliphatic heterocycles. The van der Waals surface area contributed by atoms with Crippen molar-refractivity contribution in [2.75, 3.05) is 4.90 Å². The Kier molecular flexibility index (Phi) is 3.75. The van der Waals surface area contributed by atoms with Crippen LogP contribution in [0.5, 0.6) is 0 Å². The minimum Gasteiger partial charge on any atom is -0.465 e. The van der Waals surface area contributed by atoms with Crippen LogP contribution in [0.3, 0.4) is 0 Å². The predicted octanol–water partition coefficient (Wildman–Crippen LogP) is 3.65. The van der Waals surface area contributed by atoms with Gasteiger partial charge in [-0.2, -0.15) is 0 Å². The molecule has 0 aliphatic rings. The van der Waals surface area contributed by atoms with Crippen molar-refractivity contribution in [3.63, 3.8) is 0 Å². The van der Waals surface area contributed by atoms with E-state index in [0.717, 1.165) is 22.6 Å². The van der Waals surface area contributed by atoms with Crippen molar-refractivity contribution in [2.24, 2.45) is 0 Å². The lowest BCUT2D eigenvalue weighted by Crippen LogP contribution is -2.28.